The zero-order valence-corrected chi connectivity index (χ0v) is 9.28. The first-order valence-corrected chi connectivity index (χ1v) is 5.94. The van der Waals surface area contributed by atoms with Crippen LogP contribution in [-0.2, 0) is 17.8 Å². The molecule has 1 rings (SSSR count). The maximum Gasteiger partial charge on any atom is 0.406 e. The van der Waals surface area contributed by atoms with E-state index in [4.69, 9.17) is 0 Å². The van der Waals surface area contributed by atoms with Gasteiger partial charge in [-0.1, -0.05) is 0 Å². The molecule has 0 aliphatic carbocycles. The quantitative estimate of drug-likeness (QED) is 0.575. The number of aryl methyl sites for hydroxylation is 1. The molecule has 0 aliphatic rings. The van der Waals surface area contributed by atoms with Crippen molar-refractivity contribution >= 4 is 22.4 Å². The highest BCUT2D eigenvalue weighted by atomic mass is 32.2. The van der Waals surface area contributed by atoms with Gasteiger partial charge in [0.25, 0.3) is 0 Å². The average molecular weight is 232 g/mol. The van der Waals surface area contributed by atoms with Crippen molar-refractivity contribution < 1.29 is 9.13 Å². The third kappa shape index (κ3) is 3.01. The monoisotopic (exact) mass is 232 g/mol. The van der Waals surface area contributed by atoms with Crippen LogP contribution in [-0.4, -0.2) is 37.2 Å². The number of imidazole rings is 1. The van der Waals surface area contributed by atoms with Gasteiger partial charge in [0, 0.05) is 36.4 Å². The number of hydrogen-bond acceptors (Lipinski definition) is 5. The van der Waals surface area contributed by atoms with Gasteiger partial charge in [-0.05, 0) is 9.91 Å². The molecule has 0 aromatic carbocycles. The van der Waals surface area contributed by atoms with Crippen LogP contribution in [0.3, 0.4) is 0 Å². The van der Waals surface area contributed by atoms with Crippen LogP contribution >= 0.6 is 0 Å². The predicted molar refractivity (Wildman–Crippen MR) is 57.3 cm³/mol. The maximum atomic E-state index is 10.8. The average Bonchev–Trinajstić information content (AvgIpc) is 2.47. The van der Waals surface area contributed by atoms with Crippen LogP contribution < -0.4 is 5.32 Å². The first-order valence-electron chi connectivity index (χ1n) is 4.22. The predicted octanol–water partition coefficient (Wildman–Crippen LogP) is 0.119. The number of nitro groups is 1. The second-order valence-corrected chi connectivity index (χ2v) is 4.54. The van der Waals surface area contributed by atoms with Crippen LogP contribution in [0, 0.1) is 10.1 Å². The molecule has 7 nitrogen and oxygen atoms in total. The van der Waals surface area contributed by atoms with Gasteiger partial charge in [0.15, 0.2) is 0 Å². The van der Waals surface area contributed by atoms with Crippen molar-refractivity contribution in [2.45, 2.75) is 0 Å². The van der Waals surface area contributed by atoms with Crippen LogP contribution in [0.4, 0.5) is 11.6 Å². The summed E-state index contributed by atoms with van der Waals surface area (Å²) in [4.78, 5) is 13.7. The molecule has 1 aromatic heterocycles. The van der Waals surface area contributed by atoms with E-state index in [9.17, 15) is 14.3 Å². The van der Waals surface area contributed by atoms with E-state index in [1.54, 1.807) is 13.3 Å². The second-order valence-electron chi connectivity index (χ2n) is 2.99. The topological polar surface area (TPSA) is 90.1 Å². The zero-order valence-electron chi connectivity index (χ0n) is 8.47. The van der Waals surface area contributed by atoms with E-state index in [1.807, 2.05) is 0 Å². The minimum atomic E-state index is -0.913. The summed E-state index contributed by atoms with van der Waals surface area (Å²) >= 11 is 0. The van der Waals surface area contributed by atoms with E-state index in [2.05, 4.69) is 10.3 Å². The Morgan fingerprint density at radius 2 is 2.40 bits per heavy atom. The second kappa shape index (κ2) is 4.87. The van der Waals surface area contributed by atoms with Gasteiger partial charge in [-0.2, -0.15) is 0 Å². The Kier molecular flexibility index (Phi) is 3.78. The molecular weight excluding hydrogens is 220 g/mol. The van der Waals surface area contributed by atoms with Crippen molar-refractivity contribution in [2.75, 3.05) is 23.9 Å². The van der Waals surface area contributed by atoms with Crippen molar-refractivity contribution in [3.8, 4) is 0 Å². The molecular formula is C7H12N4O3S. The van der Waals surface area contributed by atoms with E-state index >= 15 is 0 Å². The van der Waals surface area contributed by atoms with E-state index in [1.165, 1.54) is 10.9 Å². The number of aromatic nitrogens is 2. The fraction of sp³-hybridized carbons (Fsp3) is 0.571. The van der Waals surface area contributed by atoms with Gasteiger partial charge in [0.1, 0.15) is 0 Å². The van der Waals surface area contributed by atoms with E-state index in [0.717, 1.165) is 0 Å². The number of nitrogens with one attached hydrogen (secondary N) is 1. The summed E-state index contributed by atoms with van der Waals surface area (Å²) in [6.45, 7) is 0.420. The van der Waals surface area contributed by atoms with E-state index in [-0.39, 0.29) is 5.82 Å². The zero-order chi connectivity index (χ0) is 11.4. The lowest BCUT2D eigenvalue weighted by molar-refractivity contribution is -0.388. The summed E-state index contributed by atoms with van der Waals surface area (Å²) in [7, 11) is 0.745. The molecule has 15 heavy (non-hydrogen) atoms. The maximum absolute atomic E-state index is 10.8. The lowest BCUT2D eigenvalue weighted by atomic mass is 10.6. The third-order valence-corrected chi connectivity index (χ3v) is 2.55. The Hall–Kier alpha value is -1.44. The highest BCUT2D eigenvalue weighted by Gasteiger charge is 2.19. The molecule has 1 aromatic rings. The molecule has 0 bridgehead atoms. The highest BCUT2D eigenvalue weighted by Crippen LogP contribution is 2.20. The Morgan fingerprint density at radius 1 is 1.73 bits per heavy atom. The molecule has 1 atom stereocenters. The van der Waals surface area contributed by atoms with Crippen molar-refractivity contribution in [1.29, 1.82) is 0 Å². The SMILES string of the molecule is Cn1cnc([N+](=O)[O-])c1NCCS(C)=O. The van der Waals surface area contributed by atoms with E-state index in [0.29, 0.717) is 18.1 Å². The summed E-state index contributed by atoms with van der Waals surface area (Å²) in [5, 5.41) is 13.4. The molecule has 1 heterocycles. The van der Waals surface area contributed by atoms with Crippen molar-refractivity contribution in [2.24, 2.45) is 7.05 Å². The standard InChI is InChI=1S/C7H12N4O3S/c1-10-5-9-7(11(12)13)6(10)8-3-4-15(2)14/h5,8H,3-4H2,1-2H3. The van der Waals surface area contributed by atoms with Crippen molar-refractivity contribution in [1.82, 2.24) is 9.55 Å². The van der Waals surface area contributed by atoms with Gasteiger partial charge < -0.3 is 15.4 Å². The number of rotatable bonds is 5. The Balaban J connectivity index is 2.70. The lowest BCUT2D eigenvalue weighted by Gasteiger charge is -2.04. The summed E-state index contributed by atoms with van der Waals surface area (Å²) in [5.74, 6) is 0.576. The number of hydrogen-bond donors (Lipinski definition) is 1. The Morgan fingerprint density at radius 3 is 2.93 bits per heavy atom. The summed E-state index contributed by atoms with van der Waals surface area (Å²) in [5.41, 5.74) is 0. The molecule has 0 fully saturated rings. The molecule has 0 aliphatic heterocycles. The smallest absolute Gasteiger partial charge is 0.363 e. The van der Waals surface area contributed by atoms with Crippen LogP contribution in [0.1, 0.15) is 0 Å². The van der Waals surface area contributed by atoms with Gasteiger partial charge in [-0.25, -0.2) is 0 Å². The van der Waals surface area contributed by atoms with Gasteiger partial charge in [0.05, 0.1) is 0 Å². The molecule has 0 radical (unpaired) electrons. The molecule has 8 heteroatoms. The molecule has 0 amide bonds. The number of anilines is 1. The Labute approximate surface area is 89.1 Å². The molecule has 1 N–H and O–H groups in total. The van der Waals surface area contributed by atoms with Crippen molar-refractivity contribution in [3.05, 3.63) is 16.4 Å². The lowest BCUT2D eigenvalue weighted by Crippen LogP contribution is -2.12. The van der Waals surface area contributed by atoms with Crippen LogP contribution in [0.25, 0.3) is 0 Å². The minimum absolute atomic E-state index is 0.209. The number of nitrogens with zero attached hydrogens (tertiary/aromatic N) is 3. The molecule has 0 saturated carbocycles. The molecule has 1 unspecified atom stereocenters. The van der Waals surface area contributed by atoms with Gasteiger partial charge in [-0.15, -0.1) is 0 Å². The molecule has 0 saturated heterocycles. The van der Waals surface area contributed by atoms with Crippen LogP contribution in [0.15, 0.2) is 6.33 Å². The molecule has 0 spiro atoms. The van der Waals surface area contributed by atoms with E-state index < -0.39 is 15.7 Å². The first kappa shape index (κ1) is 11.6. The fourth-order valence-corrected chi connectivity index (χ4v) is 1.46. The largest absolute Gasteiger partial charge is 0.406 e. The first-order chi connectivity index (χ1) is 7.02. The highest BCUT2D eigenvalue weighted by molar-refractivity contribution is 7.84. The minimum Gasteiger partial charge on any atom is -0.363 e. The van der Waals surface area contributed by atoms with Crippen molar-refractivity contribution in [3.63, 3.8) is 0 Å². The third-order valence-electron chi connectivity index (χ3n) is 1.77. The van der Waals surface area contributed by atoms with Crippen LogP contribution in [0.2, 0.25) is 0 Å². The van der Waals surface area contributed by atoms with Gasteiger partial charge >= 0.3 is 5.82 Å². The summed E-state index contributed by atoms with van der Waals surface area (Å²) < 4.78 is 12.3. The van der Waals surface area contributed by atoms with Gasteiger partial charge in [-0.3, -0.25) is 8.78 Å². The Bertz CT molecular complexity index is 390. The summed E-state index contributed by atoms with van der Waals surface area (Å²) in [6.07, 6.45) is 2.95. The summed E-state index contributed by atoms with van der Waals surface area (Å²) in [6, 6.07) is 0. The van der Waals surface area contributed by atoms with Gasteiger partial charge in [0.2, 0.25) is 12.1 Å². The normalized spacial score (nSPS) is 12.4. The fourth-order valence-electron chi connectivity index (χ4n) is 1.07. The van der Waals surface area contributed by atoms with Crippen LogP contribution in [0.5, 0.6) is 0 Å². The molecule has 84 valence electrons.